The summed E-state index contributed by atoms with van der Waals surface area (Å²) in [5, 5.41) is 25.7. The van der Waals surface area contributed by atoms with E-state index in [1.807, 2.05) is 0 Å². The molecule has 0 aliphatic carbocycles. The topological polar surface area (TPSA) is 260 Å². The third-order valence-electron chi connectivity index (χ3n) is 5.16. The SMILES string of the molecule is CC(C)C(NC(=O)C(N)CCC(N)=O)C(=O)NC(CCC(=O)O)C(=O)NC(Cc1cnc[nH]1)C(=O)O. The molecule has 0 saturated heterocycles. The molecule has 1 aromatic rings. The molecule has 0 aliphatic rings. The Kier molecular flexibility index (Phi) is 12.0. The molecule has 4 unspecified atom stereocenters. The van der Waals surface area contributed by atoms with Crippen molar-refractivity contribution in [2.75, 3.05) is 0 Å². The molecule has 0 saturated carbocycles. The van der Waals surface area contributed by atoms with Crippen molar-refractivity contribution in [1.29, 1.82) is 0 Å². The summed E-state index contributed by atoms with van der Waals surface area (Å²) in [5.41, 5.74) is 11.2. The summed E-state index contributed by atoms with van der Waals surface area (Å²) < 4.78 is 0. The predicted molar refractivity (Wildman–Crippen MR) is 124 cm³/mol. The van der Waals surface area contributed by atoms with Crippen LogP contribution in [0, 0.1) is 5.92 Å². The fraction of sp³-hybridized carbons (Fsp3) is 0.571. The van der Waals surface area contributed by atoms with Gasteiger partial charge in [0.2, 0.25) is 23.6 Å². The van der Waals surface area contributed by atoms with Crippen LogP contribution in [0.15, 0.2) is 12.5 Å². The number of nitrogens with two attached hydrogens (primary N) is 2. The van der Waals surface area contributed by atoms with Crippen LogP contribution in [0.2, 0.25) is 0 Å². The van der Waals surface area contributed by atoms with Gasteiger partial charge in [0.25, 0.3) is 0 Å². The number of aliphatic carboxylic acids is 2. The van der Waals surface area contributed by atoms with Crippen molar-refractivity contribution in [3.8, 4) is 0 Å². The summed E-state index contributed by atoms with van der Waals surface area (Å²) in [6.07, 6.45) is 1.60. The van der Waals surface area contributed by atoms with Gasteiger partial charge in [-0.25, -0.2) is 9.78 Å². The van der Waals surface area contributed by atoms with Crippen molar-refractivity contribution in [3.63, 3.8) is 0 Å². The highest BCUT2D eigenvalue weighted by Gasteiger charge is 2.32. The zero-order chi connectivity index (χ0) is 27.4. The fourth-order valence-electron chi connectivity index (χ4n) is 3.11. The molecule has 4 amide bonds. The van der Waals surface area contributed by atoms with Crippen molar-refractivity contribution < 1.29 is 39.0 Å². The zero-order valence-electron chi connectivity index (χ0n) is 20.0. The molecule has 200 valence electrons. The average molecular weight is 512 g/mol. The number of rotatable bonds is 16. The average Bonchev–Trinajstić information content (AvgIpc) is 3.30. The van der Waals surface area contributed by atoms with Crippen LogP contribution >= 0.6 is 0 Å². The van der Waals surface area contributed by atoms with Crippen molar-refractivity contribution in [3.05, 3.63) is 18.2 Å². The fourth-order valence-corrected chi connectivity index (χ4v) is 3.11. The third kappa shape index (κ3) is 10.5. The van der Waals surface area contributed by atoms with E-state index >= 15 is 0 Å². The van der Waals surface area contributed by atoms with Gasteiger partial charge in [-0.1, -0.05) is 13.8 Å². The van der Waals surface area contributed by atoms with E-state index in [2.05, 4.69) is 25.9 Å². The van der Waals surface area contributed by atoms with Crippen molar-refractivity contribution >= 4 is 35.6 Å². The molecule has 0 aliphatic heterocycles. The Morgan fingerprint density at radius 2 is 1.58 bits per heavy atom. The van der Waals surface area contributed by atoms with E-state index in [-0.39, 0.29) is 25.7 Å². The van der Waals surface area contributed by atoms with E-state index < -0.39 is 72.1 Å². The number of hydrogen-bond donors (Lipinski definition) is 8. The maximum absolute atomic E-state index is 12.9. The highest BCUT2D eigenvalue weighted by atomic mass is 16.4. The van der Waals surface area contributed by atoms with E-state index in [1.54, 1.807) is 13.8 Å². The minimum absolute atomic E-state index is 0.0375. The first-order chi connectivity index (χ1) is 16.8. The smallest absolute Gasteiger partial charge is 0.326 e. The number of imidazole rings is 1. The standard InChI is InChI=1S/C21H33N7O8/c1-10(2)17(28-18(32)12(22)3-5-15(23)29)20(34)26-13(4-6-16(30)31)19(33)27-14(21(35)36)7-11-8-24-9-25-11/h8-10,12-14,17H,3-7,22H2,1-2H3,(H2,23,29)(H,24,25)(H,26,34)(H,27,33)(H,28,32)(H,30,31)(H,35,36). The van der Waals surface area contributed by atoms with Crippen LogP contribution < -0.4 is 27.4 Å². The maximum Gasteiger partial charge on any atom is 0.326 e. The highest BCUT2D eigenvalue weighted by molar-refractivity contribution is 5.94. The second-order valence-electron chi connectivity index (χ2n) is 8.52. The number of aromatic nitrogens is 2. The van der Waals surface area contributed by atoms with Gasteiger partial charge in [0.15, 0.2) is 0 Å². The number of carboxylic acids is 2. The van der Waals surface area contributed by atoms with Crippen LogP contribution in [0.4, 0.5) is 0 Å². The van der Waals surface area contributed by atoms with E-state index in [0.29, 0.717) is 5.69 Å². The normalized spacial score (nSPS) is 14.2. The van der Waals surface area contributed by atoms with Gasteiger partial charge in [-0.05, 0) is 18.8 Å². The van der Waals surface area contributed by atoms with Gasteiger partial charge in [-0.2, -0.15) is 0 Å². The number of primary amides is 1. The number of carboxylic acid groups (broad SMARTS) is 2. The monoisotopic (exact) mass is 511 g/mol. The maximum atomic E-state index is 12.9. The van der Waals surface area contributed by atoms with E-state index in [0.717, 1.165) is 0 Å². The largest absolute Gasteiger partial charge is 0.481 e. The Morgan fingerprint density at radius 1 is 0.944 bits per heavy atom. The zero-order valence-corrected chi connectivity index (χ0v) is 20.0. The van der Waals surface area contributed by atoms with Crippen molar-refractivity contribution in [2.45, 2.75) is 70.1 Å². The van der Waals surface area contributed by atoms with E-state index in [1.165, 1.54) is 12.5 Å². The Labute approximate surface area is 206 Å². The molecule has 15 heteroatoms. The minimum Gasteiger partial charge on any atom is -0.481 e. The first-order valence-corrected chi connectivity index (χ1v) is 11.2. The quantitative estimate of drug-likeness (QED) is 0.117. The van der Waals surface area contributed by atoms with Crippen LogP contribution in [0.25, 0.3) is 0 Å². The summed E-state index contributed by atoms with van der Waals surface area (Å²) in [4.78, 5) is 78.3. The Balaban J connectivity index is 2.96. The van der Waals surface area contributed by atoms with Gasteiger partial charge in [0.1, 0.15) is 18.1 Å². The molecule has 0 bridgehead atoms. The van der Waals surface area contributed by atoms with E-state index in [4.69, 9.17) is 16.6 Å². The molecule has 36 heavy (non-hydrogen) atoms. The number of nitrogens with zero attached hydrogens (tertiary/aromatic N) is 1. The summed E-state index contributed by atoms with van der Waals surface area (Å²) in [6.45, 7) is 3.24. The molecular formula is C21H33N7O8. The number of hydrogen-bond acceptors (Lipinski definition) is 8. The number of aromatic amines is 1. The lowest BCUT2D eigenvalue weighted by atomic mass is 10.0. The van der Waals surface area contributed by atoms with Crippen LogP contribution in [0.5, 0.6) is 0 Å². The Hall–Kier alpha value is -4.01. The number of carbonyl (C=O) groups is 6. The molecular weight excluding hydrogens is 478 g/mol. The van der Waals surface area contributed by atoms with Gasteiger partial charge in [-0.15, -0.1) is 0 Å². The molecule has 4 atom stereocenters. The van der Waals surface area contributed by atoms with Gasteiger partial charge >= 0.3 is 11.9 Å². The van der Waals surface area contributed by atoms with Gasteiger partial charge < -0.3 is 42.6 Å². The minimum atomic E-state index is -1.40. The second-order valence-corrected chi connectivity index (χ2v) is 8.52. The highest BCUT2D eigenvalue weighted by Crippen LogP contribution is 2.07. The summed E-state index contributed by atoms with van der Waals surface area (Å²) in [6, 6.07) is -5.06. The Morgan fingerprint density at radius 3 is 2.08 bits per heavy atom. The number of carbonyl (C=O) groups excluding carboxylic acids is 4. The second kappa shape index (κ2) is 14.4. The molecule has 1 heterocycles. The Bertz CT molecular complexity index is 935. The molecule has 0 fully saturated rings. The summed E-state index contributed by atoms with van der Waals surface area (Å²) >= 11 is 0. The summed E-state index contributed by atoms with van der Waals surface area (Å²) in [7, 11) is 0. The van der Waals surface area contributed by atoms with Crippen LogP contribution in [0.1, 0.15) is 45.2 Å². The van der Waals surface area contributed by atoms with Gasteiger partial charge in [0, 0.05) is 31.2 Å². The van der Waals surface area contributed by atoms with Gasteiger partial charge in [-0.3, -0.25) is 24.0 Å². The third-order valence-corrected chi connectivity index (χ3v) is 5.16. The van der Waals surface area contributed by atoms with Crippen LogP contribution in [0.3, 0.4) is 0 Å². The first kappa shape index (κ1) is 30.0. The lowest BCUT2D eigenvalue weighted by molar-refractivity contribution is -0.143. The molecule has 0 spiro atoms. The van der Waals surface area contributed by atoms with Crippen molar-refractivity contribution in [1.82, 2.24) is 25.9 Å². The molecule has 10 N–H and O–H groups in total. The first-order valence-electron chi connectivity index (χ1n) is 11.2. The predicted octanol–water partition coefficient (Wildman–Crippen LogP) is -2.40. The lowest BCUT2D eigenvalue weighted by Gasteiger charge is -2.26. The van der Waals surface area contributed by atoms with Gasteiger partial charge in [0.05, 0.1) is 12.4 Å². The number of amides is 4. The molecule has 0 radical (unpaired) electrons. The molecule has 0 aromatic carbocycles. The molecule has 1 rings (SSSR count). The van der Waals surface area contributed by atoms with Crippen molar-refractivity contribution in [2.24, 2.45) is 17.4 Å². The van der Waals surface area contributed by atoms with Crippen LogP contribution in [-0.4, -0.2) is 79.9 Å². The summed E-state index contributed by atoms with van der Waals surface area (Å²) in [5.74, 6) is -6.12. The number of H-pyrrole nitrogens is 1. The molecule has 1 aromatic heterocycles. The number of nitrogens with one attached hydrogen (secondary N) is 4. The van der Waals surface area contributed by atoms with Crippen LogP contribution in [-0.2, 0) is 35.2 Å². The molecule has 15 nitrogen and oxygen atoms in total. The lowest BCUT2D eigenvalue weighted by Crippen LogP contribution is -2.58. The van der Waals surface area contributed by atoms with E-state index in [9.17, 15) is 33.9 Å².